The fourth-order valence-electron chi connectivity index (χ4n) is 6.65. The maximum absolute atomic E-state index is 12.2. The molecule has 0 amide bonds. The molecule has 5 nitrogen and oxygen atoms in total. The molecule has 5 heteroatoms. The van der Waals surface area contributed by atoms with E-state index in [1.54, 1.807) is 0 Å². The van der Waals surface area contributed by atoms with E-state index in [1.807, 2.05) is 0 Å². The van der Waals surface area contributed by atoms with Crippen LogP contribution in [0.25, 0.3) is 0 Å². The van der Waals surface area contributed by atoms with E-state index >= 15 is 0 Å². The second-order valence-electron chi connectivity index (χ2n) is 15.8. The third-order valence-electron chi connectivity index (χ3n) is 10.3. The van der Waals surface area contributed by atoms with Crippen LogP contribution in [0, 0.1) is 0 Å². The molecule has 0 heterocycles. The van der Waals surface area contributed by atoms with E-state index in [9.17, 15) is 14.7 Å². The zero-order valence-electron chi connectivity index (χ0n) is 36.9. The molecule has 0 saturated heterocycles. The summed E-state index contributed by atoms with van der Waals surface area (Å²) in [5.74, 6) is -0.607. The number of aliphatic hydroxyl groups excluding tert-OH is 1. The molecule has 0 aliphatic rings. The normalized spacial score (nSPS) is 12.7. The molecule has 0 radical (unpaired) electrons. The van der Waals surface area contributed by atoms with Gasteiger partial charge in [-0.2, -0.15) is 0 Å². The maximum atomic E-state index is 12.2. The van der Waals surface area contributed by atoms with Crippen LogP contribution >= 0.6 is 0 Å². The van der Waals surface area contributed by atoms with Crippen molar-refractivity contribution >= 4 is 11.9 Å². The average Bonchev–Trinajstić information content (AvgIpc) is 3.20. The predicted octanol–water partition coefficient (Wildman–Crippen LogP) is 15.5. The van der Waals surface area contributed by atoms with E-state index in [0.717, 1.165) is 64.2 Å². The van der Waals surface area contributed by atoms with Crippen LogP contribution in [0.2, 0.25) is 0 Å². The molecule has 0 aromatic rings. The number of hydrogen-bond acceptors (Lipinski definition) is 5. The van der Waals surface area contributed by atoms with Gasteiger partial charge in [-0.3, -0.25) is 9.59 Å². The van der Waals surface area contributed by atoms with E-state index in [4.69, 9.17) is 9.47 Å². The van der Waals surface area contributed by atoms with Gasteiger partial charge >= 0.3 is 11.9 Å². The number of carbonyl (C=O) groups is 2. The van der Waals surface area contributed by atoms with Crippen molar-refractivity contribution in [3.8, 4) is 0 Å². The first-order chi connectivity index (χ1) is 27.6. The lowest BCUT2D eigenvalue weighted by molar-refractivity contribution is -0.161. The van der Waals surface area contributed by atoms with Crippen molar-refractivity contribution in [3.63, 3.8) is 0 Å². The zero-order valence-corrected chi connectivity index (χ0v) is 36.9. The Morgan fingerprint density at radius 2 is 0.714 bits per heavy atom. The highest BCUT2D eigenvalue weighted by molar-refractivity contribution is 5.70. The smallest absolute Gasteiger partial charge is 0.306 e. The molecule has 1 N–H and O–H groups in total. The van der Waals surface area contributed by atoms with Crippen molar-refractivity contribution in [1.29, 1.82) is 0 Å². The first-order valence-electron chi connectivity index (χ1n) is 23.8. The minimum Gasteiger partial charge on any atom is -0.462 e. The Morgan fingerprint density at radius 1 is 0.411 bits per heavy atom. The summed E-state index contributed by atoms with van der Waals surface area (Å²) in [6.07, 6.45) is 61.6. The van der Waals surface area contributed by atoms with Gasteiger partial charge in [-0.1, -0.05) is 197 Å². The second kappa shape index (κ2) is 47.0. The summed E-state index contributed by atoms with van der Waals surface area (Å²) in [4.78, 5) is 24.4. The van der Waals surface area contributed by atoms with Crippen LogP contribution in [-0.2, 0) is 19.1 Å². The average molecular weight is 783 g/mol. The molecule has 0 spiro atoms. The third kappa shape index (κ3) is 44.3. The monoisotopic (exact) mass is 783 g/mol. The van der Waals surface area contributed by atoms with Crippen LogP contribution in [-0.4, -0.2) is 36.4 Å². The summed E-state index contributed by atoms with van der Waals surface area (Å²) in [5, 5.41) is 9.60. The molecule has 0 aliphatic heterocycles. The first kappa shape index (κ1) is 53.6. The van der Waals surface area contributed by atoms with Gasteiger partial charge in [0.05, 0.1) is 6.61 Å². The van der Waals surface area contributed by atoms with Gasteiger partial charge in [-0.05, 0) is 83.5 Å². The van der Waals surface area contributed by atoms with Crippen molar-refractivity contribution in [2.24, 2.45) is 0 Å². The molecule has 0 fully saturated rings. The summed E-state index contributed by atoms with van der Waals surface area (Å²) < 4.78 is 10.6. The number of hydrogen-bond donors (Lipinski definition) is 1. The minimum atomic E-state index is -0.780. The zero-order chi connectivity index (χ0) is 40.7. The highest BCUT2D eigenvalue weighted by Crippen LogP contribution is 2.14. The Labute approximate surface area is 347 Å². The molecule has 1 unspecified atom stereocenters. The third-order valence-corrected chi connectivity index (χ3v) is 10.3. The van der Waals surface area contributed by atoms with Crippen LogP contribution in [0.5, 0.6) is 0 Å². The molecule has 1 atom stereocenters. The van der Waals surface area contributed by atoms with Gasteiger partial charge in [0.25, 0.3) is 0 Å². The Hall–Kier alpha value is -2.40. The van der Waals surface area contributed by atoms with Crippen molar-refractivity contribution in [1.82, 2.24) is 0 Å². The Bertz CT molecular complexity index is 977. The van der Waals surface area contributed by atoms with E-state index < -0.39 is 6.10 Å². The number of allylic oxidation sites excluding steroid dienone is 10. The van der Waals surface area contributed by atoms with Gasteiger partial charge in [-0.25, -0.2) is 0 Å². The first-order valence-corrected chi connectivity index (χ1v) is 23.8. The molecule has 0 aliphatic carbocycles. The van der Waals surface area contributed by atoms with Crippen LogP contribution in [0.1, 0.15) is 232 Å². The summed E-state index contributed by atoms with van der Waals surface area (Å²) in [5.41, 5.74) is 0. The van der Waals surface area contributed by atoms with E-state index in [-0.39, 0.29) is 25.2 Å². The largest absolute Gasteiger partial charge is 0.462 e. The molecule has 56 heavy (non-hydrogen) atoms. The Kier molecular flexibility index (Phi) is 45.0. The molecule has 0 aromatic carbocycles. The van der Waals surface area contributed by atoms with Crippen molar-refractivity contribution in [2.45, 2.75) is 238 Å². The van der Waals surface area contributed by atoms with Gasteiger partial charge in [0.1, 0.15) is 6.61 Å². The van der Waals surface area contributed by atoms with E-state index in [1.165, 1.54) is 141 Å². The van der Waals surface area contributed by atoms with Crippen LogP contribution < -0.4 is 0 Å². The SMILES string of the molecule is CCCCC/C=C\C/C=C\CCCCCCCC(=O)OCC(CO)OC(=O)CCCCCCCCCCCCCC/C=C\C/C=C\C/C=C\CCCCCCC. The van der Waals surface area contributed by atoms with Crippen LogP contribution in [0.3, 0.4) is 0 Å². The molecule has 0 aromatic heterocycles. The van der Waals surface area contributed by atoms with Crippen molar-refractivity contribution in [2.75, 3.05) is 13.2 Å². The summed E-state index contributed by atoms with van der Waals surface area (Å²) in [7, 11) is 0. The minimum absolute atomic E-state index is 0.0747. The van der Waals surface area contributed by atoms with Gasteiger partial charge in [-0.15, -0.1) is 0 Å². The molecular weight excluding hydrogens is 693 g/mol. The number of esters is 2. The fourth-order valence-corrected chi connectivity index (χ4v) is 6.65. The number of unbranched alkanes of at least 4 members (excludes halogenated alkanes) is 25. The number of rotatable bonds is 43. The van der Waals surface area contributed by atoms with Gasteiger partial charge in [0.2, 0.25) is 0 Å². The Morgan fingerprint density at radius 3 is 1.11 bits per heavy atom. The fraction of sp³-hybridized carbons (Fsp3) is 0.765. The number of carbonyl (C=O) groups excluding carboxylic acids is 2. The van der Waals surface area contributed by atoms with Crippen LogP contribution in [0.4, 0.5) is 0 Å². The van der Waals surface area contributed by atoms with E-state index in [0.29, 0.717) is 12.8 Å². The predicted molar refractivity (Wildman–Crippen MR) is 242 cm³/mol. The molecule has 0 saturated carbocycles. The summed E-state index contributed by atoms with van der Waals surface area (Å²) >= 11 is 0. The maximum Gasteiger partial charge on any atom is 0.306 e. The van der Waals surface area contributed by atoms with Gasteiger partial charge in [0.15, 0.2) is 6.10 Å². The lowest BCUT2D eigenvalue weighted by Gasteiger charge is -2.15. The quantitative estimate of drug-likeness (QED) is 0.0379. The van der Waals surface area contributed by atoms with Crippen molar-refractivity contribution < 1.29 is 24.2 Å². The Balaban J connectivity index is 3.53. The molecular formula is C51H90O5. The van der Waals surface area contributed by atoms with Gasteiger partial charge < -0.3 is 14.6 Å². The van der Waals surface area contributed by atoms with Crippen LogP contribution in [0.15, 0.2) is 60.8 Å². The van der Waals surface area contributed by atoms with E-state index in [2.05, 4.69) is 74.6 Å². The summed E-state index contributed by atoms with van der Waals surface area (Å²) in [6, 6.07) is 0. The molecule has 324 valence electrons. The molecule has 0 bridgehead atoms. The standard InChI is InChI=1S/C51H90O5/c1-3-5-7-9-11-13-15-17-19-20-21-22-23-24-25-26-27-28-29-30-32-34-36-38-40-42-44-46-51(54)56-49(47-52)48-55-50(53)45-43-41-39-37-35-33-31-18-16-14-12-10-8-6-4-2/h12,14-15,17-18,20-21,23-24,31,49,52H,3-11,13,16,19,22,25-30,32-48H2,1-2H3/b14-12-,17-15-,21-20-,24-23-,31-18-. The topological polar surface area (TPSA) is 72.8 Å². The number of ether oxygens (including phenoxy) is 2. The number of aliphatic hydroxyl groups is 1. The molecule has 0 rings (SSSR count). The highest BCUT2D eigenvalue weighted by Gasteiger charge is 2.16. The van der Waals surface area contributed by atoms with Gasteiger partial charge in [0, 0.05) is 12.8 Å². The summed E-state index contributed by atoms with van der Waals surface area (Å²) in [6.45, 7) is 4.09. The highest BCUT2D eigenvalue weighted by atomic mass is 16.6. The van der Waals surface area contributed by atoms with Crippen molar-refractivity contribution in [3.05, 3.63) is 60.8 Å². The second-order valence-corrected chi connectivity index (χ2v) is 15.8. The lowest BCUT2D eigenvalue weighted by Crippen LogP contribution is -2.28. The lowest BCUT2D eigenvalue weighted by atomic mass is 10.0.